The molecule has 0 heterocycles. The van der Waals surface area contributed by atoms with Crippen LogP contribution in [0.3, 0.4) is 0 Å². The average molecular weight is 279 g/mol. The zero-order valence-electron chi connectivity index (χ0n) is 12.2. The summed E-state index contributed by atoms with van der Waals surface area (Å²) in [7, 11) is -0.904. The first-order chi connectivity index (χ1) is 8.93. The van der Waals surface area contributed by atoms with E-state index in [9.17, 15) is 4.21 Å². The van der Waals surface area contributed by atoms with Crippen LogP contribution in [0.15, 0.2) is 29.2 Å². The van der Waals surface area contributed by atoms with Crippen molar-refractivity contribution in [3.05, 3.63) is 29.8 Å². The van der Waals surface area contributed by atoms with Crippen molar-refractivity contribution >= 4 is 10.8 Å². The summed E-state index contributed by atoms with van der Waals surface area (Å²) in [5.41, 5.74) is 7.22. The molecular weight excluding hydrogens is 254 g/mol. The third-order valence-electron chi connectivity index (χ3n) is 4.12. The van der Waals surface area contributed by atoms with Crippen molar-refractivity contribution < 1.29 is 4.21 Å². The van der Waals surface area contributed by atoms with Crippen LogP contribution in [0.5, 0.6) is 0 Å². The van der Waals surface area contributed by atoms with Crippen LogP contribution in [0.25, 0.3) is 0 Å². The Bertz CT molecular complexity index is 447. The summed E-state index contributed by atoms with van der Waals surface area (Å²) in [4.78, 5) is 0.957. The van der Waals surface area contributed by atoms with Gasteiger partial charge in [0.05, 0.1) is 10.8 Å². The Balaban J connectivity index is 2.16. The molecule has 1 aliphatic rings. The molecule has 1 aromatic carbocycles. The van der Waals surface area contributed by atoms with Crippen LogP contribution in [-0.2, 0) is 16.2 Å². The van der Waals surface area contributed by atoms with Crippen LogP contribution in [0.4, 0.5) is 0 Å². The molecule has 0 spiro atoms. The quantitative estimate of drug-likeness (QED) is 0.923. The van der Waals surface area contributed by atoms with Crippen LogP contribution < -0.4 is 5.73 Å². The first-order valence-corrected chi connectivity index (χ1v) is 8.36. The molecule has 3 heteroatoms. The molecule has 3 atom stereocenters. The molecule has 1 fully saturated rings. The SMILES string of the molecule is CC(C)(C)c1ccc(S(=O)C2CCCC2CN)cc1. The lowest BCUT2D eigenvalue weighted by Crippen LogP contribution is -2.26. The average Bonchev–Trinajstić information content (AvgIpc) is 2.85. The van der Waals surface area contributed by atoms with E-state index >= 15 is 0 Å². The largest absolute Gasteiger partial charge is 0.330 e. The molecule has 0 aromatic heterocycles. The molecule has 0 saturated heterocycles. The van der Waals surface area contributed by atoms with E-state index in [0.717, 1.165) is 17.7 Å². The number of rotatable bonds is 3. The minimum atomic E-state index is -0.904. The van der Waals surface area contributed by atoms with Gasteiger partial charge in [-0.1, -0.05) is 39.3 Å². The van der Waals surface area contributed by atoms with E-state index in [0.29, 0.717) is 12.5 Å². The summed E-state index contributed by atoms with van der Waals surface area (Å²) in [6.45, 7) is 7.25. The van der Waals surface area contributed by atoms with Crippen molar-refractivity contribution in [2.45, 2.75) is 55.6 Å². The van der Waals surface area contributed by atoms with Crippen molar-refractivity contribution in [1.29, 1.82) is 0 Å². The van der Waals surface area contributed by atoms with Crippen molar-refractivity contribution in [2.75, 3.05) is 6.54 Å². The third kappa shape index (κ3) is 3.26. The molecule has 2 N–H and O–H groups in total. The number of nitrogens with two attached hydrogens (primary N) is 1. The van der Waals surface area contributed by atoms with Gasteiger partial charge in [0.25, 0.3) is 0 Å². The first-order valence-electron chi connectivity index (χ1n) is 7.14. The molecular formula is C16H25NOS. The standard InChI is InChI=1S/C16H25NOS/c1-16(2,3)13-7-9-14(10-8-13)19(18)15-6-4-5-12(15)11-17/h7-10,12,15H,4-6,11,17H2,1-3H3. The Morgan fingerprint density at radius 3 is 2.37 bits per heavy atom. The maximum atomic E-state index is 12.6. The fraction of sp³-hybridized carbons (Fsp3) is 0.625. The van der Waals surface area contributed by atoms with Crippen LogP contribution in [-0.4, -0.2) is 16.0 Å². The second kappa shape index (κ2) is 5.76. The fourth-order valence-corrected chi connectivity index (χ4v) is 4.55. The molecule has 0 amide bonds. The second-order valence-electron chi connectivity index (χ2n) is 6.54. The Morgan fingerprint density at radius 1 is 1.21 bits per heavy atom. The highest BCUT2D eigenvalue weighted by molar-refractivity contribution is 7.85. The highest BCUT2D eigenvalue weighted by Crippen LogP contribution is 2.32. The summed E-state index contributed by atoms with van der Waals surface area (Å²) in [5, 5.41) is 0.255. The summed E-state index contributed by atoms with van der Waals surface area (Å²) >= 11 is 0. The molecule has 2 rings (SSSR count). The Morgan fingerprint density at radius 2 is 1.84 bits per heavy atom. The predicted molar refractivity (Wildman–Crippen MR) is 81.7 cm³/mol. The van der Waals surface area contributed by atoms with Gasteiger partial charge < -0.3 is 5.73 Å². The van der Waals surface area contributed by atoms with Crippen molar-refractivity contribution in [1.82, 2.24) is 0 Å². The van der Waals surface area contributed by atoms with E-state index < -0.39 is 10.8 Å². The van der Waals surface area contributed by atoms with E-state index in [-0.39, 0.29) is 10.7 Å². The predicted octanol–water partition coefficient (Wildman–Crippen LogP) is 3.22. The Labute approximate surface area is 119 Å². The maximum Gasteiger partial charge on any atom is 0.0564 e. The lowest BCUT2D eigenvalue weighted by molar-refractivity contribution is 0.557. The number of hydrogen-bond donors (Lipinski definition) is 1. The van der Waals surface area contributed by atoms with E-state index in [2.05, 4.69) is 32.9 Å². The van der Waals surface area contributed by atoms with Gasteiger partial charge in [0.15, 0.2) is 0 Å². The van der Waals surface area contributed by atoms with Gasteiger partial charge in [0, 0.05) is 10.1 Å². The van der Waals surface area contributed by atoms with Gasteiger partial charge in [0.1, 0.15) is 0 Å². The van der Waals surface area contributed by atoms with Gasteiger partial charge in [0.2, 0.25) is 0 Å². The molecule has 2 nitrogen and oxygen atoms in total. The third-order valence-corrected chi connectivity index (χ3v) is 6.03. The minimum absolute atomic E-state index is 0.146. The Hall–Kier alpha value is -0.670. The van der Waals surface area contributed by atoms with E-state index in [1.807, 2.05) is 12.1 Å². The molecule has 0 radical (unpaired) electrons. The summed E-state index contributed by atoms with van der Waals surface area (Å²) < 4.78 is 12.6. The van der Waals surface area contributed by atoms with Crippen LogP contribution >= 0.6 is 0 Å². The molecule has 19 heavy (non-hydrogen) atoms. The summed E-state index contributed by atoms with van der Waals surface area (Å²) in [5.74, 6) is 0.433. The number of benzene rings is 1. The molecule has 1 saturated carbocycles. The highest BCUT2D eigenvalue weighted by Gasteiger charge is 2.31. The lowest BCUT2D eigenvalue weighted by Gasteiger charge is -2.20. The van der Waals surface area contributed by atoms with Crippen molar-refractivity contribution in [3.8, 4) is 0 Å². The highest BCUT2D eigenvalue weighted by atomic mass is 32.2. The van der Waals surface area contributed by atoms with Gasteiger partial charge in [-0.05, 0) is 48.4 Å². The maximum absolute atomic E-state index is 12.6. The zero-order chi connectivity index (χ0) is 14.0. The second-order valence-corrected chi connectivity index (χ2v) is 8.21. The molecule has 106 valence electrons. The fourth-order valence-electron chi connectivity index (χ4n) is 2.82. The normalized spacial score (nSPS) is 25.5. The van der Waals surface area contributed by atoms with Gasteiger partial charge in [-0.2, -0.15) is 0 Å². The molecule has 0 bridgehead atoms. The first kappa shape index (κ1) is 14.7. The molecule has 0 aliphatic heterocycles. The molecule has 3 unspecified atom stereocenters. The van der Waals surface area contributed by atoms with Crippen LogP contribution in [0.1, 0.15) is 45.6 Å². The van der Waals surface area contributed by atoms with Crippen LogP contribution in [0, 0.1) is 5.92 Å². The molecule has 1 aliphatic carbocycles. The Kier molecular flexibility index (Phi) is 4.46. The van der Waals surface area contributed by atoms with Crippen molar-refractivity contribution in [3.63, 3.8) is 0 Å². The van der Waals surface area contributed by atoms with Gasteiger partial charge >= 0.3 is 0 Å². The summed E-state index contributed by atoms with van der Waals surface area (Å²) in [6.07, 6.45) is 3.35. The van der Waals surface area contributed by atoms with Gasteiger partial charge in [-0.25, -0.2) is 0 Å². The van der Waals surface area contributed by atoms with Crippen molar-refractivity contribution in [2.24, 2.45) is 11.7 Å². The number of hydrogen-bond acceptors (Lipinski definition) is 2. The summed E-state index contributed by atoms with van der Waals surface area (Å²) in [6, 6.07) is 8.28. The van der Waals surface area contributed by atoms with Gasteiger partial charge in [-0.15, -0.1) is 0 Å². The van der Waals surface area contributed by atoms with E-state index in [1.54, 1.807) is 0 Å². The zero-order valence-corrected chi connectivity index (χ0v) is 13.0. The topological polar surface area (TPSA) is 43.1 Å². The minimum Gasteiger partial charge on any atom is -0.330 e. The van der Waals surface area contributed by atoms with E-state index in [1.165, 1.54) is 12.0 Å². The van der Waals surface area contributed by atoms with Gasteiger partial charge in [-0.3, -0.25) is 4.21 Å². The van der Waals surface area contributed by atoms with E-state index in [4.69, 9.17) is 5.73 Å². The monoisotopic (exact) mass is 279 g/mol. The smallest absolute Gasteiger partial charge is 0.0564 e. The molecule has 1 aromatic rings. The van der Waals surface area contributed by atoms with Crippen LogP contribution in [0.2, 0.25) is 0 Å². The lowest BCUT2D eigenvalue weighted by atomic mass is 9.87.